The van der Waals surface area contributed by atoms with Crippen LogP contribution >= 0.6 is 0 Å². The topological polar surface area (TPSA) is 66.8 Å². The number of rotatable bonds is 10. The second-order valence-electron chi connectivity index (χ2n) is 5.27. The molecule has 4 heteroatoms. The van der Waals surface area contributed by atoms with Gasteiger partial charge in [0.15, 0.2) is 11.5 Å². The van der Waals surface area contributed by atoms with Crippen molar-refractivity contribution in [3.63, 3.8) is 0 Å². The summed E-state index contributed by atoms with van der Waals surface area (Å²) in [5.74, 6) is -0.344. The van der Waals surface area contributed by atoms with Crippen molar-refractivity contribution < 1.29 is 19.7 Å². The van der Waals surface area contributed by atoms with Crippen molar-refractivity contribution in [1.82, 2.24) is 0 Å². The lowest BCUT2D eigenvalue weighted by molar-refractivity contribution is -0.143. The van der Waals surface area contributed by atoms with Crippen LogP contribution in [0.4, 0.5) is 0 Å². The molecule has 0 aliphatic carbocycles. The maximum absolute atomic E-state index is 11.5. The molecule has 0 amide bonds. The van der Waals surface area contributed by atoms with E-state index in [0.29, 0.717) is 31.4 Å². The molecule has 0 fully saturated rings. The zero-order chi connectivity index (χ0) is 15.5. The van der Waals surface area contributed by atoms with Crippen molar-refractivity contribution in [2.24, 2.45) is 0 Å². The van der Waals surface area contributed by atoms with Crippen LogP contribution in [0.15, 0.2) is 18.2 Å². The first-order valence-electron chi connectivity index (χ1n) is 7.80. The van der Waals surface area contributed by atoms with E-state index in [9.17, 15) is 15.0 Å². The quantitative estimate of drug-likeness (QED) is 0.390. The van der Waals surface area contributed by atoms with Gasteiger partial charge in [-0.25, -0.2) is 0 Å². The maximum Gasteiger partial charge on any atom is 0.305 e. The Balaban J connectivity index is 2.10. The van der Waals surface area contributed by atoms with Crippen molar-refractivity contribution in [2.75, 3.05) is 6.61 Å². The number of phenolic OH excluding ortho intramolecular Hbond substituents is 2. The molecule has 0 saturated carbocycles. The van der Waals surface area contributed by atoms with Crippen molar-refractivity contribution >= 4 is 5.97 Å². The average Bonchev–Trinajstić information content (AvgIpc) is 2.47. The van der Waals surface area contributed by atoms with Crippen LogP contribution < -0.4 is 0 Å². The van der Waals surface area contributed by atoms with Gasteiger partial charge in [-0.3, -0.25) is 4.79 Å². The molecule has 4 nitrogen and oxygen atoms in total. The lowest BCUT2D eigenvalue weighted by Gasteiger charge is -2.07. The van der Waals surface area contributed by atoms with Gasteiger partial charge in [-0.15, -0.1) is 0 Å². The van der Waals surface area contributed by atoms with Crippen LogP contribution in [0, 0.1) is 0 Å². The number of carbonyl (C=O) groups is 1. The minimum Gasteiger partial charge on any atom is -0.504 e. The van der Waals surface area contributed by atoms with Gasteiger partial charge in [-0.1, -0.05) is 44.7 Å². The summed E-state index contributed by atoms with van der Waals surface area (Å²) in [7, 11) is 0. The normalized spacial score (nSPS) is 10.5. The number of hydrogen-bond donors (Lipinski definition) is 2. The maximum atomic E-state index is 11.5. The number of ether oxygens (including phenoxy) is 1. The van der Waals surface area contributed by atoms with E-state index in [1.54, 1.807) is 12.1 Å². The molecule has 0 radical (unpaired) electrons. The van der Waals surface area contributed by atoms with E-state index in [0.717, 1.165) is 12.8 Å². The number of aryl methyl sites for hydroxylation is 1. The van der Waals surface area contributed by atoms with E-state index in [1.807, 2.05) is 0 Å². The van der Waals surface area contributed by atoms with Crippen molar-refractivity contribution in [3.8, 4) is 11.5 Å². The first kappa shape index (κ1) is 17.3. The Morgan fingerprint density at radius 1 is 1.10 bits per heavy atom. The minimum atomic E-state index is -0.147. The largest absolute Gasteiger partial charge is 0.504 e. The van der Waals surface area contributed by atoms with Crippen LogP contribution in [-0.4, -0.2) is 22.8 Å². The lowest BCUT2D eigenvalue weighted by Crippen LogP contribution is -2.06. The van der Waals surface area contributed by atoms with Gasteiger partial charge in [0, 0.05) is 6.42 Å². The third-order valence-corrected chi connectivity index (χ3v) is 3.44. The molecule has 0 aliphatic rings. The molecule has 0 aromatic heterocycles. The van der Waals surface area contributed by atoms with Gasteiger partial charge in [0.1, 0.15) is 0 Å². The Labute approximate surface area is 126 Å². The van der Waals surface area contributed by atoms with Crippen LogP contribution in [0.25, 0.3) is 0 Å². The van der Waals surface area contributed by atoms with Gasteiger partial charge < -0.3 is 14.9 Å². The highest BCUT2D eigenvalue weighted by Gasteiger charge is 2.06. The summed E-state index contributed by atoms with van der Waals surface area (Å²) in [5.41, 5.74) is 0.672. The van der Waals surface area contributed by atoms with E-state index in [1.165, 1.54) is 25.3 Å². The third-order valence-electron chi connectivity index (χ3n) is 3.44. The standard InChI is InChI=1S/C17H26O4/c1-2-3-4-5-6-12-16(19)21-13-8-10-14-9-7-11-15(18)17(14)20/h7,9,11,18,20H,2-6,8,10,12-13H2,1H3. The van der Waals surface area contributed by atoms with Gasteiger partial charge >= 0.3 is 5.97 Å². The van der Waals surface area contributed by atoms with Crippen molar-refractivity contribution in [3.05, 3.63) is 23.8 Å². The number of aromatic hydroxyl groups is 2. The highest BCUT2D eigenvalue weighted by atomic mass is 16.5. The molecular weight excluding hydrogens is 268 g/mol. The zero-order valence-electron chi connectivity index (χ0n) is 12.8. The first-order chi connectivity index (χ1) is 10.1. The summed E-state index contributed by atoms with van der Waals surface area (Å²) in [6, 6.07) is 4.88. The predicted molar refractivity (Wildman–Crippen MR) is 82.4 cm³/mol. The number of hydrogen-bond acceptors (Lipinski definition) is 4. The Hall–Kier alpha value is -1.71. The van der Waals surface area contributed by atoms with Crippen molar-refractivity contribution in [1.29, 1.82) is 0 Å². The van der Waals surface area contributed by atoms with Gasteiger partial charge in [-0.2, -0.15) is 0 Å². The van der Waals surface area contributed by atoms with Gasteiger partial charge in [-0.05, 0) is 30.9 Å². The summed E-state index contributed by atoms with van der Waals surface area (Å²) < 4.78 is 5.16. The number of esters is 1. The second kappa shape index (κ2) is 10.1. The molecule has 1 aromatic rings. The van der Waals surface area contributed by atoms with Crippen LogP contribution in [0.1, 0.15) is 57.4 Å². The summed E-state index contributed by atoms with van der Waals surface area (Å²) in [6.45, 7) is 2.52. The SMILES string of the molecule is CCCCCCCC(=O)OCCCc1cccc(O)c1O. The van der Waals surface area contributed by atoms with Crippen LogP contribution in [0.2, 0.25) is 0 Å². The fourth-order valence-electron chi connectivity index (χ4n) is 2.17. The fourth-order valence-corrected chi connectivity index (χ4v) is 2.17. The van der Waals surface area contributed by atoms with E-state index in [-0.39, 0.29) is 17.5 Å². The van der Waals surface area contributed by atoms with Crippen LogP contribution in [0.3, 0.4) is 0 Å². The monoisotopic (exact) mass is 294 g/mol. The van der Waals surface area contributed by atoms with Crippen LogP contribution in [0.5, 0.6) is 11.5 Å². The number of phenols is 2. The summed E-state index contributed by atoms with van der Waals surface area (Å²) >= 11 is 0. The zero-order valence-corrected chi connectivity index (χ0v) is 12.8. The molecule has 1 aromatic carbocycles. The Bertz CT molecular complexity index is 429. The molecule has 0 heterocycles. The number of unbranched alkanes of at least 4 members (excludes halogenated alkanes) is 4. The van der Waals surface area contributed by atoms with Gasteiger partial charge in [0.2, 0.25) is 0 Å². The summed E-state index contributed by atoms with van der Waals surface area (Å²) in [6.07, 6.45) is 7.28. The molecule has 21 heavy (non-hydrogen) atoms. The van der Waals surface area contributed by atoms with Gasteiger partial charge in [0.05, 0.1) is 6.61 Å². The number of benzene rings is 1. The molecule has 118 valence electrons. The molecule has 1 rings (SSSR count). The van der Waals surface area contributed by atoms with Crippen molar-refractivity contribution in [2.45, 2.75) is 58.3 Å². The Morgan fingerprint density at radius 3 is 2.62 bits per heavy atom. The smallest absolute Gasteiger partial charge is 0.305 e. The second-order valence-corrected chi connectivity index (χ2v) is 5.27. The minimum absolute atomic E-state index is 0.0836. The highest BCUT2D eigenvalue weighted by Crippen LogP contribution is 2.28. The van der Waals surface area contributed by atoms with Crippen LogP contribution in [-0.2, 0) is 16.0 Å². The Morgan fingerprint density at radius 2 is 1.86 bits per heavy atom. The molecule has 0 saturated heterocycles. The summed E-state index contributed by atoms with van der Waals surface area (Å²) in [5, 5.41) is 19.0. The average molecular weight is 294 g/mol. The van der Waals surface area contributed by atoms with Gasteiger partial charge in [0.25, 0.3) is 0 Å². The molecule has 0 unspecified atom stereocenters. The summed E-state index contributed by atoms with van der Waals surface area (Å²) in [4.78, 5) is 11.5. The lowest BCUT2D eigenvalue weighted by atomic mass is 10.1. The van der Waals surface area contributed by atoms with E-state index in [2.05, 4.69) is 6.92 Å². The molecule has 2 N–H and O–H groups in total. The van der Waals surface area contributed by atoms with E-state index < -0.39 is 0 Å². The molecule has 0 spiro atoms. The third kappa shape index (κ3) is 7.02. The fraction of sp³-hybridized carbons (Fsp3) is 0.588. The first-order valence-corrected chi connectivity index (χ1v) is 7.80. The van der Waals surface area contributed by atoms with E-state index in [4.69, 9.17) is 4.74 Å². The highest BCUT2D eigenvalue weighted by molar-refractivity contribution is 5.69. The molecule has 0 aliphatic heterocycles. The molecule has 0 atom stereocenters. The number of para-hydroxylation sites is 1. The molecule has 0 bridgehead atoms. The predicted octanol–water partition coefficient (Wildman–Crippen LogP) is 3.93. The molecular formula is C17H26O4. The Kier molecular flexibility index (Phi) is 8.32. The van der Waals surface area contributed by atoms with E-state index >= 15 is 0 Å². The number of carbonyl (C=O) groups excluding carboxylic acids is 1.